The third-order valence-electron chi connectivity index (χ3n) is 3.31. The molecule has 0 saturated carbocycles. The summed E-state index contributed by atoms with van der Waals surface area (Å²) in [5, 5.41) is 3.66. The van der Waals surface area contributed by atoms with Crippen molar-refractivity contribution in [2.24, 2.45) is 0 Å². The van der Waals surface area contributed by atoms with Crippen molar-refractivity contribution in [3.63, 3.8) is 0 Å². The zero-order valence-electron chi connectivity index (χ0n) is 12.7. The molecule has 1 N–H and O–H groups in total. The molecule has 0 fully saturated rings. The predicted molar refractivity (Wildman–Crippen MR) is 82.8 cm³/mol. The maximum atomic E-state index is 5.60. The topological polar surface area (TPSA) is 21.3 Å². The fraction of sp³-hybridized carbons (Fsp3) is 0.647. The van der Waals surface area contributed by atoms with Crippen LogP contribution in [-0.2, 0) is 0 Å². The van der Waals surface area contributed by atoms with E-state index < -0.39 is 0 Å². The van der Waals surface area contributed by atoms with Crippen molar-refractivity contribution in [3.8, 4) is 5.75 Å². The van der Waals surface area contributed by atoms with Gasteiger partial charge in [0, 0.05) is 6.04 Å². The molecule has 2 heteroatoms. The standard InChI is InChI=1S/C17H29NO/c1-4-7-8-12-17(18-13-5-2)15-10-9-11-16(14-15)19-6-3/h9-11,14,17-18H,4-8,12-13H2,1-3H3. The molecule has 0 bridgehead atoms. The lowest BCUT2D eigenvalue weighted by Crippen LogP contribution is -2.22. The minimum absolute atomic E-state index is 0.465. The van der Waals surface area contributed by atoms with E-state index in [4.69, 9.17) is 4.74 Å². The summed E-state index contributed by atoms with van der Waals surface area (Å²) in [6.45, 7) is 8.31. The minimum atomic E-state index is 0.465. The number of unbranched alkanes of at least 4 members (excludes halogenated alkanes) is 2. The van der Waals surface area contributed by atoms with Crippen LogP contribution in [0.25, 0.3) is 0 Å². The van der Waals surface area contributed by atoms with Crippen molar-refractivity contribution in [1.29, 1.82) is 0 Å². The first-order valence-corrected chi connectivity index (χ1v) is 7.77. The van der Waals surface area contributed by atoms with E-state index in [-0.39, 0.29) is 0 Å². The number of rotatable bonds is 10. The molecule has 1 rings (SSSR count). The second-order valence-corrected chi connectivity index (χ2v) is 5.01. The van der Waals surface area contributed by atoms with E-state index in [1.54, 1.807) is 0 Å². The van der Waals surface area contributed by atoms with Gasteiger partial charge in [0.2, 0.25) is 0 Å². The van der Waals surface area contributed by atoms with Gasteiger partial charge in [0.25, 0.3) is 0 Å². The average molecular weight is 263 g/mol. The number of nitrogens with one attached hydrogen (secondary N) is 1. The highest BCUT2D eigenvalue weighted by molar-refractivity contribution is 5.30. The molecule has 1 unspecified atom stereocenters. The first-order valence-electron chi connectivity index (χ1n) is 7.77. The normalized spacial score (nSPS) is 12.4. The Morgan fingerprint density at radius 1 is 1.11 bits per heavy atom. The lowest BCUT2D eigenvalue weighted by molar-refractivity contribution is 0.339. The summed E-state index contributed by atoms with van der Waals surface area (Å²) in [6, 6.07) is 8.99. The van der Waals surface area contributed by atoms with Crippen LogP contribution in [0.15, 0.2) is 24.3 Å². The second-order valence-electron chi connectivity index (χ2n) is 5.01. The summed E-state index contributed by atoms with van der Waals surface area (Å²) in [4.78, 5) is 0. The molecule has 0 heterocycles. The zero-order valence-corrected chi connectivity index (χ0v) is 12.7. The minimum Gasteiger partial charge on any atom is -0.494 e. The molecular weight excluding hydrogens is 234 g/mol. The van der Waals surface area contributed by atoms with Gasteiger partial charge in [-0.2, -0.15) is 0 Å². The molecule has 0 spiro atoms. The fourth-order valence-corrected chi connectivity index (χ4v) is 2.29. The van der Waals surface area contributed by atoms with Crippen LogP contribution in [0.1, 0.15) is 64.5 Å². The quantitative estimate of drug-likeness (QED) is 0.617. The number of hydrogen-bond donors (Lipinski definition) is 1. The van der Waals surface area contributed by atoms with Gasteiger partial charge in [0.15, 0.2) is 0 Å². The lowest BCUT2D eigenvalue weighted by Gasteiger charge is -2.19. The summed E-state index contributed by atoms with van der Waals surface area (Å²) >= 11 is 0. The van der Waals surface area contributed by atoms with E-state index in [2.05, 4.69) is 37.4 Å². The Morgan fingerprint density at radius 3 is 2.63 bits per heavy atom. The predicted octanol–water partition coefficient (Wildman–Crippen LogP) is 4.71. The molecule has 1 aromatic carbocycles. The highest BCUT2D eigenvalue weighted by Gasteiger charge is 2.10. The molecule has 2 nitrogen and oxygen atoms in total. The van der Waals surface area contributed by atoms with Gasteiger partial charge in [-0.1, -0.05) is 45.2 Å². The smallest absolute Gasteiger partial charge is 0.119 e. The Bertz CT molecular complexity index is 338. The Kier molecular flexibility index (Phi) is 8.31. The first-order chi connectivity index (χ1) is 9.31. The number of benzene rings is 1. The van der Waals surface area contributed by atoms with Gasteiger partial charge in [-0.05, 0) is 44.0 Å². The molecular formula is C17H29NO. The summed E-state index contributed by atoms with van der Waals surface area (Å²) < 4.78 is 5.60. The molecule has 1 atom stereocenters. The van der Waals surface area contributed by atoms with Crippen molar-refractivity contribution in [2.75, 3.05) is 13.2 Å². The second kappa shape index (κ2) is 9.85. The summed E-state index contributed by atoms with van der Waals surface area (Å²) in [6.07, 6.45) is 6.27. The van der Waals surface area contributed by atoms with Crippen LogP contribution in [0.3, 0.4) is 0 Å². The highest BCUT2D eigenvalue weighted by Crippen LogP contribution is 2.23. The molecule has 0 aromatic heterocycles. The first kappa shape index (κ1) is 16.0. The maximum absolute atomic E-state index is 5.60. The molecule has 0 aliphatic rings. The molecule has 0 amide bonds. The van der Waals surface area contributed by atoms with Crippen molar-refractivity contribution < 1.29 is 4.74 Å². The van der Waals surface area contributed by atoms with Gasteiger partial charge in [-0.15, -0.1) is 0 Å². The van der Waals surface area contributed by atoms with E-state index in [1.165, 1.54) is 37.7 Å². The van der Waals surface area contributed by atoms with Crippen LogP contribution in [-0.4, -0.2) is 13.2 Å². The SMILES string of the molecule is CCCCCC(NCCC)c1cccc(OCC)c1. The largest absolute Gasteiger partial charge is 0.494 e. The maximum Gasteiger partial charge on any atom is 0.119 e. The van der Waals surface area contributed by atoms with Crippen LogP contribution >= 0.6 is 0 Å². The highest BCUT2D eigenvalue weighted by atomic mass is 16.5. The van der Waals surface area contributed by atoms with E-state index >= 15 is 0 Å². The van der Waals surface area contributed by atoms with Crippen LogP contribution < -0.4 is 10.1 Å². The van der Waals surface area contributed by atoms with E-state index in [0.717, 1.165) is 18.9 Å². The van der Waals surface area contributed by atoms with Crippen molar-refractivity contribution in [1.82, 2.24) is 5.32 Å². The van der Waals surface area contributed by atoms with Crippen LogP contribution in [0.5, 0.6) is 5.75 Å². The van der Waals surface area contributed by atoms with Crippen LogP contribution in [0.4, 0.5) is 0 Å². The van der Waals surface area contributed by atoms with E-state index in [0.29, 0.717) is 6.04 Å². The third-order valence-corrected chi connectivity index (χ3v) is 3.31. The zero-order chi connectivity index (χ0) is 13.9. The van der Waals surface area contributed by atoms with Crippen molar-refractivity contribution in [2.45, 2.75) is 58.9 Å². The molecule has 0 aliphatic carbocycles. The van der Waals surface area contributed by atoms with Crippen LogP contribution in [0, 0.1) is 0 Å². The van der Waals surface area contributed by atoms with Gasteiger partial charge in [0.1, 0.15) is 5.75 Å². The molecule has 0 saturated heterocycles. The van der Waals surface area contributed by atoms with Gasteiger partial charge in [-0.25, -0.2) is 0 Å². The Labute approximate surface area is 118 Å². The van der Waals surface area contributed by atoms with Crippen molar-refractivity contribution in [3.05, 3.63) is 29.8 Å². The van der Waals surface area contributed by atoms with Gasteiger partial charge >= 0.3 is 0 Å². The Balaban J connectivity index is 2.68. The van der Waals surface area contributed by atoms with Gasteiger partial charge < -0.3 is 10.1 Å². The summed E-state index contributed by atoms with van der Waals surface area (Å²) in [5.74, 6) is 0.985. The van der Waals surface area contributed by atoms with Crippen molar-refractivity contribution >= 4 is 0 Å². The van der Waals surface area contributed by atoms with E-state index in [9.17, 15) is 0 Å². The number of ether oxygens (including phenoxy) is 1. The fourth-order valence-electron chi connectivity index (χ4n) is 2.29. The molecule has 108 valence electrons. The average Bonchev–Trinajstić information content (AvgIpc) is 2.43. The monoisotopic (exact) mass is 263 g/mol. The van der Waals surface area contributed by atoms with Gasteiger partial charge in [-0.3, -0.25) is 0 Å². The Morgan fingerprint density at radius 2 is 1.95 bits per heavy atom. The number of hydrogen-bond acceptors (Lipinski definition) is 2. The van der Waals surface area contributed by atoms with Crippen LogP contribution in [0.2, 0.25) is 0 Å². The molecule has 1 aromatic rings. The molecule has 19 heavy (non-hydrogen) atoms. The lowest BCUT2D eigenvalue weighted by atomic mass is 10.00. The summed E-state index contributed by atoms with van der Waals surface area (Å²) in [5.41, 5.74) is 1.36. The van der Waals surface area contributed by atoms with Gasteiger partial charge in [0.05, 0.1) is 6.61 Å². The third kappa shape index (κ3) is 6.11. The molecule has 0 radical (unpaired) electrons. The van der Waals surface area contributed by atoms with E-state index in [1.807, 2.05) is 13.0 Å². The molecule has 0 aliphatic heterocycles. The Hall–Kier alpha value is -1.02. The summed E-state index contributed by atoms with van der Waals surface area (Å²) in [7, 11) is 0.